The number of benzene rings is 1. The van der Waals surface area contributed by atoms with Crippen LogP contribution < -0.4 is 10.6 Å². The van der Waals surface area contributed by atoms with Crippen molar-refractivity contribution in [3.8, 4) is 0 Å². The third-order valence-corrected chi connectivity index (χ3v) is 3.48. The Hall–Kier alpha value is -1.22. The van der Waals surface area contributed by atoms with Crippen LogP contribution in [0.4, 0.5) is 11.4 Å². The number of hydrogen-bond acceptors (Lipinski definition) is 2. The van der Waals surface area contributed by atoms with Gasteiger partial charge in [0.2, 0.25) is 5.91 Å². The summed E-state index contributed by atoms with van der Waals surface area (Å²) in [6, 6.07) is 6.12. The Balaban J connectivity index is 2.79. The lowest BCUT2D eigenvalue weighted by Crippen LogP contribution is -2.23. The first-order chi connectivity index (χ1) is 9.77. The molecule has 1 amide bonds. The molecule has 0 fully saturated rings. The van der Waals surface area contributed by atoms with Gasteiger partial charge in [-0.25, -0.2) is 0 Å². The number of halogens is 1. The number of carbonyl (C=O) groups is 1. The molecule has 0 spiro atoms. The highest BCUT2D eigenvalue weighted by atomic mass is 35.5. The summed E-state index contributed by atoms with van der Waals surface area (Å²) in [7, 11) is 0. The van der Waals surface area contributed by atoms with Gasteiger partial charge in [-0.2, -0.15) is 0 Å². The molecule has 0 radical (unpaired) electrons. The van der Waals surface area contributed by atoms with Crippen LogP contribution in [0.15, 0.2) is 18.2 Å². The number of nitrogens with one attached hydrogen (secondary N) is 2. The lowest BCUT2D eigenvalue weighted by molar-refractivity contribution is -0.114. The van der Waals surface area contributed by atoms with Crippen LogP contribution in [0.2, 0.25) is 5.02 Å². The van der Waals surface area contributed by atoms with E-state index in [1.54, 1.807) is 0 Å². The van der Waals surface area contributed by atoms with Crippen LogP contribution in [0.5, 0.6) is 0 Å². The number of carbonyl (C=O) groups excluding carboxylic acids is 1. The molecule has 21 heavy (non-hydrogen) atoms. The minimum Gasteiger partial charge on any atom is -0.382 e. The van der Waals surface area contributed by atoms with Crippen molar-refractivity contribution in [3.05, 3.63) is 23.2 Å². The Bertz CT molecular complexity index is 462. The van der Waals surface area contributed by atoms with Gasteiger partial charge in [0.1, 0.15) is 0 Å². The maximum atomic E-state index is 11.1. The van der Waals surface area contributed by atoms with Crippen molar-refractivity contribution < 1.29 is 4.79 Å². The van der Waals surface area contributed by atoms with Crippen molar-refractivity contribution in [2.75, 3.05) is 10.6 Å². The van der Waals surface area contributed by atoms with Crippen LogP contribution in [-0.2, 0) is 4.79 Å². The number of amides is 1. The van der Waals surface area contributed by atoms with E-state index in [1.807, 2.05) is 18.2 Å². The number of hydrogen-bond donors (Lipinski definition) is 2. The highest BCUT2D eigenvalue weighted by molar-refractivity contribution is 6.34. The lowest BCUT2D eigenvalue weighted by Gasteiger charge is -2.24. The Morgan fingerprint density at radius 3 is 2.14 bits per heavy atom. The molecule has 0 aliphatic carbocycles. The molecule has 1 rings (SSSR count). The summed E-state index contributed by atoms with van der Waals surface area (Å²) in [6.07, 6.45) is 2.26. The highest BCUT2D eigenvalue weighted by Crippen LogP contribution is 2.27. The molecule has 1 aromatic rings. The molecule has 0 atom stereocenters. The zero-order valence-corrected chi connectivity index (χ0v) is 14.4. The molecule has 4 heteroatoms. The third kappa shape index (κ3) is 6.85. The van der Waals surface area contributed by atoms with Crippen LogP contribution in [0.3, 0.4) is 0 Å². The maximum absolute atomic E-state index is 11.1. The standard InChI is InChI=1S/C17H27ClN2O/c1-11(2)8-15(9-12(3)4)20-14-6-7-17(16(18)10-14)19-13(5)21/h6-7,10-12,15,20H,8-9H2,1-5H3,(H,19,21). The zero-order valence-electron chi connectivity index (χ0n) is 13.7. The molecule has 0 bridgehead atoms. The molecule has 0 saturated carbocycles. The predicted octanol–water partition coefficient (Wildman–Crippen LogP) is 5.17. The summed E-state index contributed by atoms with van der Waals surface area (Å²) in [6.45, 7) is 10.4. The quantitative estimate of drug-likeness (QED) is 0.729. The topological polar surface area (TPSA) is 41.1 Å². The van der Waals surface area contributed by atoms with E-state index in [2.05, 4.69) is 38.3 Å². The monoisotopic (exact) mass is 310 g/mol. The minimum absolute atomic E-state index is 0.116. The molecule has 0 aliphatic rings. The van der Waals surface area contributed by atoms with Gasteiger partial charge in [0.05, 0.1) is 10.7 Å². The third-order valence-electron chi connectivity index (χ3n) is 3.16. The number of anilines is 2. The van der Waals surface area contributed by atoms with Gasteiger partial charge in [0.25, 0.3) is 0 Å². The molecule has 0 aromatic heterocycles. The lowest BCUT2D eigenvalue weighted by atomic mass is 9.95. The van der Waals surface area contributed by atoms with Crippen molar-refractivity contribution in [3.63, 3.8) is 0 Å². The predicted molar refractivity (Wildman–Crippen MR) is 92.1 cm³/mol. The maximum Gasteiger partial charge on any atom is 0.221 e. The SMILES string of the molecule is CC(=O)Nc1ccc(NC(CC(C)C)CC(C)C)cc1Cl. The van der Waals surface area contributed by atoms with Gasteiger partial charge < -0.3 is 10.6 Å². The fourth-order valence-electron chi connectivity index (χ4n) is 2.48. The van der Waals surface area contributed by atoms with Gasteiger partial charge >= 0.3 is 0 Å². The molecule has 0 unspecified atom stereocenters. The van der Waals surface area contributed by atoms with Crippen LogP contribution in [0, 0.1) is 11.8 Å². The van der Waals surface area contributed by atoms with E-state index in [0.29, 0.717) is 28.6 Å². The second kappa shape index (κ2) is 8.28. The second-order valence-electron chi connectivity index (χ2n) is 6.48. The fourth-order valence-corrected chi connectivity index (χ4v) is 2.71. The van der Waals surface area contributed by atoms with E-state index in [-0.39, 0.29) is 5.91 Å². The Labute approximate surface area is 133 Å². The average molecular weight is 311 g/mol. The van der Waals surface area contributed by atoms with E-state index in [9.17, 15) is 4.79 Å². The van der Waals surface area contributed by atoms with Gasteiger partial charge in [-0.05, 0) is 42.9 Å². The van der Waals surface area contributed by atoms with Gasteiger partial charge in [0.15, 0.2) is 0 Å². The summed E-state index contributed by atoms with van der Waals surface area (Å²) in [5, 5.41) is 6.84. The molecule has 3 nitrogen and oxygen atoms in total. The largest absolute Gasteiger partial charge is 0.382 e. The van der Waals surface area contributed by atoms with E-state index in [1.165, 1.54) is 6.92 Å². The van der Waals surface area contributed by atoms with Gasteiger partial charge in [-0.3, -0.25) is 4.79 Å². The van der Waals surface area contributed by atoms with Crippen molar-refractivity contribution in [1.29, 1.82) is 0 Å². The van der Waals surface area contributed by atoms with Crippen LogP contribution in [-0.4, -0.2) is 11.9 Å². The first-order valence-corrected chi connectivity index (χ1v) is 7.99. The molecule has 1 aromatic carbocycles. The summed E-state index contributed by atoms with van der Waals surface area (Å²) in [5.41, 5.74) is 1.65. The molecular weight excluding hydrogens is 284 g/mol. The van der Waals surface area contributed by atoms with Gasteiger partial charge in [-0.1, -0.05) is 39.3 Å². The highest BCUT2D eigenvalue weighted by Gasteiger charge is 2.13. The summed E-state index contributed by atoms with van der Waals surface area (Å²) >= 11 is 6.21. The van der Waals surface area contributed by atoms with Crippen molar-refractivity contribution >= 4 is 28.9 Å². The summed E-state index contributed by atoms with van der Waals surface area (Å²) in [4.78, 5) is 11.1. The van der Waals surface area contributed by atoms with Crippen molar-refractivity contribution in [2.45, 2.75) is 53.5 Å². The molecular formula is C17H27ClN2O. The molecule has 118 valence electrons. The van der Waals surface area contributed by atoms with Gasteiger partial charge in [0, 0.05) is 18.7 Å². The van der Waals surface area contributed by atoms with Crippen LogP contribution in [0.25, 0.3) is 0 Å². The Kier molecular flexibility index (Phi) is 7.03. The van der Waals surface area contributed by atoms with E-state index >= 15 is 0 Å². The van der Waals surface area contributed by atoms with E-state index in [4.69, 9.17) is 11.6 Å². The smallest absolute Gasteiger partial charge is 0.221 e. The summed E-state index contributed by atoms with van der Waals surface area (Å²) < 4.78 is 0. The molecule has 2 N–H and O–H groups in total. The Morgan fingerprint density at radius 2 is 1.71 bits per heavy atom. The first kappa shape index (κ1) is 17.8. The Morgan fingerprint density at radius 1 is 1.14 bits per heavy atom. The fraction of sp³-hybridized carbons (Fsp3) is 0.588. The van der Waals surface area contributed by atoms with E-state index in [0.717, 1.165) is 18.5 Å². The molecule has 0 saturated heterocycles. The normalized spacial score (nSPS) is 11.3. The molecule has 0 aliphatic heterocycles. The zero-order chi connectivity index (χ0) is 16.0. The van der Waals surface area contributed by atoms with Crippen molar-refractivity contribution in [2.24, 2.45) is 11.8 Å². The van der Waals surface area contributed by atoms with Crippen LogP contribution >= 0.6 is 11.6 Å². The number of rotatable bonds is 7. The van der Waals surface area contributed by atoms with Crippen molar-refractivity contribution in [1.82, 2.24) is 0 Å². The molecule has 0 heterocycles. The minimum atomic E-state index is -0.116. The van der Waals surface area contributed by atoms with E-state index < -0.39 is 0 Å². The van der Waals surface area contributed by atoms with Crippen LogP contribution in [0.1, 0.15) is 47.5 Å². The average Bonchev–Trinajstić information content (AvgIpc) is 2.30. The van der Waals surface area contributed by atoms with Gasteiger partial charge in [-0.15, -0.1) is 0 Å². The second-order valence-corrected chi connectivity index (χ2v) is 6.88. The first-order valence-electron chi connectivity index (χ1n) is 7.61. The summed E-state index contributed by atoms with van der Waals surface area (Å²) in [5.74, 6) is 1.18.